The third kappa shape index (κ3) is 2.84. The van der Waals surface area contributed by atoms with Crippen LogP contribution in [0.5, 0.6) is 0 Å². The Kier molecular flexibility index (Phi) is 3.74. The Labute approximate surface area is 97.3 Å². The lowest BCUT2D eigenvalue weighted by Gasteiger charge is -2.23. The lowest BCUT2D eigenvalue weighted by Crippen LogP contribution is -2.29. The van der Waals surface area contributed by atoms with E-state index in [0.717, 1.165) is 5.56 Å². The van der Waals surface area contributed by atoms with Crippen LogP contribution in [0.15, 0.2) is 18.2 Å². The van der Waals surface area contributed by atoms with Crippen molar-refractivity contribution in [1.82, 2.24) is 0 Å². The van der Waals surface area contributed by atoms with Crippen molar-refractivity contribution in [3.05, 3.63) is 34.9 Å². The number of carboxylic acids is 1. The van der Waals surface area contributed by atoms with Crippen LogP contribution in [0.25, 0.3) is 0 Å². The molecule has 0 saturated carbocycles. The van der Waals surface area contributed by atoms with Crippen LogP contribution in [0, 0.1) is 19.3 Å². The van der Waals surface area contributed by atoms with Gasteiger partial charge >= 0.3 is 5.97 Å². The van der Waals surface area contributed by atoms with Crippen LogP contribution >= 0.6 is 0 Å². The van der Waals surface area contributed by atoms with Crippen LogP contribution in [-0.2, 0) is 11.2 Å². The Bertz CT molecular complexity index is 375. The molecule has 0 aromatic heterocycles. The highest BCUT2D eigenvalue weighted by Gasteiger charge is 2.31. The lowest BCUT2D eigenvalue weighted by molar-refractivity contribution is -0.148. The van der Waals surface area contributed by atoms with Gasteiger partial charge in [-0.05, 0) is 39.2 Å². The van der Waals surface area contributed by atoms with Gasteiger partial charge in [-0.25, -0.2) is 0 Å². The fourth-order valence-electron chi connectivity index (χ4n) is 1.97. The van der Waals surface area contributed by atoms with E-state index in [0.29, 0.717) is 12.8 Å². The van der Waals surface area contributed by atoms with E-state index in [9.17, 15) is 9.90 Å². The Hall–Kier alpha value is -1.31. The van der Waals surface area contributed by atoms with Gasteiger partial charge in [-0.2, -0.15) is 0 Å². The minimum atomic E-state index is -0.714. The van der Waals surface area contributed by atoms with E-state index in [2.05, 4.69) is 18.2 Å². The zero-order chi connectivity index (χ0) is 12.3. The summed E-state index contributed by atoms with van der Waals surface area (Å²) < 4.78 is 0. The standard InChI is InChI=1S/C14H20O2/c1-5-14(4,13(15)16)9-12-7-10(2)6-11(3)8-12/h6-8H,5,9H2,1-4H3,(H,15,16). The van der Waals surface area contributed by atoms with Crippen LogP contribution in [0.3, 0.4) is 0 Å². The van der Waals surface area contributed by atoms with Crippen molar-refractivity contribution in [3.8, 4) is 0 Å². The molecule has 88 valence electrons. The van der Waals surface area contributed by atoms with Crippen molar-refractivity contribution in [3.63, 3.8) is 0 Å². The number of hydrogen-bond donors (Lipinski definition) is 1. The molecule has 1 N–H and O–H groups in total. The van der Waals surface area contributed by atoms with Gasteiger partial charge in [0.1, 0.15) is 0 Å². The SMILES string of the molecule is CCC(C)(Cc1cc(C)cc(C)c1)C(=O)O. The second kappa shape index (κ2) is 4.69. The molecular weight excluding hydrogens is 200 g/mol. The molecule has 0 aliphatic rings. The minimum Gasteiger partial charge on any atom is -0.481 e. The second-order valence-electron chi connectivity index (χ2n) is 4.89. The highest BCUT2D eigenvalue weighted by atomic mass is 16.4. The number of aryl methyl sites for hydroxylation is 2. The van der Waals surface area contributed by atoms with Crippen LogP contribution < -0.4 is 0 Å². The fraction of sp³-hybridized carbons (Fsp3) is 0.500. The van der Waals surface area contributed by atoms with Crippen LogP contribution in [-0.4, -0.2) is 11.1 Å². The molecule has 0 amide bonds. The second-order valence-corrected chi connectivity index (χ2v) is 4.89. The average Bonchev–Trinajstić information content (AvgIpc) is 2.15. The molecule has 0 radical (unpaired) electrons. The fourth-order valence-corrected chi connectivity index (χ4v) is 1.97. The van der Waals surface area contributed by atoms with Crippen molar-refractivity contribution < 1.29 is 9.90 Å². The molecule has 0 fully saturated rings. The van der Waals surface area contributed by atoms with E-state index in [4.69, 9.17) is 0 Å². The molecule has 1 aromatic carbocycles. The maximum Gasteiger partial charge on any atom is 0.309 e. The smallest absolute Gasteiger partial charge is 0.309 e. The molecule has 1 aromatic rings. The van der Waals surface area contributed by atoms with Crippen molar-refractivity contribution >= 4 is 5.97 Å². The summed E-state index contributed by atoms with van der Waals surface area (Å²) in [7, 11) is 0. The number of rotatable bonds is 4. The summed E-state index contributed by atoms with van der Waals surface area (Å²) in [6.07, 6.45) is 1.25. The largest absolute Gasteiger partial charge is 0.481 e. The molecule has 0 heterocycles. The van der Waals surface area contributed by atoms with Gasteiger partial charge in [0.2, 0.25) is 0 Å². The summed E-state index contributed by atoms with van der Waals surface area (Å²) in [5, 5.41) is 9.23. The molecule has 1 rings (SSSR count). The van der Waals surface area contributed by atoms with E-state index in [1.54, 1.807) is 0 Å². The maximum absolute atomic E-state index is 11.2. The van der Waals surface area contributed by atoms with Gasteiger partial charge in [0.15, 0.2) is 0 Å². The third-order valence-electron chi connectivity index (χ3n) is 3.17. The summed E-state index contributed by atoms with van der Waals surface area (Å²) in [5.41, 5.74) is 2.85. The Balaban J connectivity index is 2.99. The summed E-state index contributed by atoms with van der Waals surface area (Å²) in [6, 6.07) is 6.25. The molecule has 1 atom stereocenters. The van der Waals surface area contributed by atoms with Gasteiger partial charge in [0.25, 0.3) is 0 Å². The average molecular weight is 220 g/mol. The van der Waals surface area contributed by atoms with Gasteiger partial charge < -0.3 is 5.11 Å². The highest BCUT2D eigenvalue weighted by molar-refractivity contribution is 5.74. The van der Waals surface area contributed by atoms with Crippen LogP contribution in [0.2, 0.25) is 0 Å². The summed E-state index contributed by atoms with van der Waals surface area (Å²) in [5.74, 6) is -0.714. The van der Waals surface area contributed by atoms with Gasteiger partial charge in [-0.1, -0.05) is 36.2 Å². The third-order valence-corrected chi connectivity index (χ3v) is 3.17. The quantitative estimate of drug-likeness (QED) is 0.845. The number of carboxylic acid groups (broad SMARTS) is 1. The van der Waals surface area contributed by atoms with Crippen molar-refractivity contribution in [2.75, 3.05) is 0 Å². The van der Waals surface area contributed by atoms with Crippen molar-refractivity contribution in [2.24, 2.45) is 5.41 Å². The first kappa shape index (κ1) is 12.8. The molecule has 0 bridgehead atoms. The van der Waals surface area contributed by atoms with Crippen molar-refractivity contribution in [2.45, 2.75) is 40.5 Å². The van der Waals surface area contributed by atoms with Gasteiger partial charge in [0, 0.05) is 0 Å². The lowest BCUT2D eigenvalue weighted by atomic mass is 9.81. The van der Waals surface area contributed by atoms with E-state index in [1.165, 1.54) is 11.1 Å². The predicted molar refractivity (Wildman–Crippen MR) is 65.7 cm³/mol. The first-order chi connectivity index (χ1) is 7.37. The van der Waals surface area contributed by atoms with Gasteiger partial charge in [0.05, 0.1) is 5.41 Å². The van der Waals surface area contributed by atoms with Gasteiger partial charge in [-0.3, -0.25) is 4.79 Å². The van der Waals surface area contributed by atoms with Crippen molar-refractivity contribution in [1.29, 1.82) is 0 Å². The summed E-state index contributed by atoms with van der Waals surface area (Å²) in [6.45, 7) is 7.82. The topological polar surface area (TPSA) is 37.3 Å². The zero-order valence-corrected chi connectivity index (χ0v) is 10.5. The van der Waals surface area contributed by atoms with Crippen LogP contribution in [0.1, 0.15) is 37.0 Å². The number of hydrogen-bond acceptors (Lipinski definition) is 1. The molecule has 0 saturated heterocycles. The minimum absolute atomic E-state index is 0.599. The molecule has 16 heavy (non-hydrogen) atoms. The summed E-state index contributed by atoms with van der Waals surface area (Å²) >= 11 is 0. The first-order valence-corrected chi connectivity index (χ1v) is 5.68. The number of benzene rings is 1. The Morgan fingerprint density at radius 1 is 1.25 bits per heavy atom. The van der Waals surface area contributed by atoms with E-state index in [-0.39, 0.29) is 0 Å². The monoisotopic (exact) mass is 220 g/mol. The van der Waals surface area contributed by atoms with E-state index >= 15 is 0 Å². The maximum atomic E-state index is 11.2. The molecule has 1 unspecified atom stereocenters. The van der Waals surface area contributed by atoms with E-state index in [1.807, 2.05) is 27.7 Å². The molecule has 2 nitrogen and oxygen atoms in total. The molecule has 0 aliphatic carbocycles. The molecular formula is C14H20O2. The van der Waals surface area contributed by atoms with Gasteiger partial charge in [-0.15, -0.1) is 0 Å². The number of aliphatic carboxylic acids is 1. The van der Waals surface area contributed by atoms with Crippen LogP contribution in [0.4, 0.5) is 0 Å². The normalized spacial score (nSPS) is 14.5. The Morgan fingerprint density at radius 2 is 1.75 bits per heavy atom. The first-order valence-electron chi connectivity index (χ1n) is 5.68. The predicted octanol–water partition coefficient (Wildman–Crippen LogP) is 3.35. The molecule has 0 spiro atoms. The highest BCUT2D eigenvalue weighted by Crippen LogP contribution is 2.27. The Morgan fingerprint density at radius 3 is 2.12 bits per heavy atom. The molecule has 0 aliphatic heterocycles. The number of carbonyl (C=O) groups is 1. The molecule has 2 heteroatoms. The summed E-state index contributed by atoms with van der Waals surface area (Å²) in [4.78, 5) is 11.2. The van der Waals surface area contributed by atoms with E-state index < -0.39 is 11.4 Å². The zero-order valence-electron chi connectivity index (χ0n) is 10.5.